The summed E-state index contributed by atoms with van der Waals surface area (Å²) in [5.74, 6) is -1.95. The topological polar surface area (TPSA) is 66.9 Å². The van der Waals surface area contributed by atoms with Gasteiger partial charge in [-0.05, 0) is 54.4 Å². The Balaban J connectivity index is 1.52. The molecule has 0 atom stereocenters. The van der Waals surface area contributed by atoms with Crippen molar-refractivity contribution in [2.75, 3.05) is 17.2 Å². The molecule has 1 heterocycles. The SMILES string of the molecule is O=C(Nc1ccc(NCCc2ccc(Cl)cc2)nn1)c1ccc(F)c(F)c1. The molecule has 0 aliphatic rings. The van der Waals surface area contributed by atoms with Crippen LogP contribution in [0.3, 0.4) is 0 Å². The smallest absolute Gasteiger partial charge is 0.256 e. The van der Waals surface area contributed by atoms with Gasteiger partial charge in [-0.2, -0.15) is 0 Å². The highest BCUT2D eigenvalue weighted by atomic mass is 35.5. The van der Waals surface area contributed by atoms with Gasteiger partial charge in [-0.1, -0.05) is 23.7 Å². The minimum Gasteiger partial charge on any atom is -0.368 e. The Hall–Kier alpha value is -3.06. The van der Waals surface area contributed by atoms with E-state index in [1.807, 2.05) is 24.3 Å². The summed E-state index contributed by atoms with van der Waals surface area (Å²) in [4.78, 5) is 12.0. The first-order valence-electron chi connectivity index (χ1n) is 8.10. The van der Waals surface area contributed by atoms with E-state index in [-0.39, 0.29) is 11.4 Å². The predicted octanol–water partition coefficient (Wildman–Crippen LogP) is 4.32. The summed E-state index contributed by atoms with van der Waals surface area (Å²) in [7, 11) is 0. The third-order valence-electron chi connectivity index (χ3n) is 3.72. The standard InChI is InChI=1S/C19H15ClF2N4O/c20-14-4-1-12(2-5-14)9-10-23-17-7-8-18(26-25-17)24-19(27)13-3-6-15(21)16(22)11-13/h1-8,11H,9-10H2,(H,23,25)(H,24,26,27). The molecule has 5 nitrogen and oxygen atoms in total. The third kappa shape index (κ3) is 5.21. The fourth-order valence-electron chi connectivity index (χ4n) is 2.31. The minimum atomic E-state index is -1.09. The largest absolute Gasteiger partial charge is 0.368 e. The van der Waals surface area contributed by atoms with Crippen molar-refractivity contribution in [3.05, 3.63) is 82.4 Å². The van der Waals surface area contributed by atoms with E-state index in [1.54, 1.807) is 12.1 Å². The molecule has 0 bridgehead atoms. The molecule has 138 valence electrons. The molecule has 0 aliphatic carbocycles. The molecule has 0 aliphatic heterocycles. The zero-order valence-electron chi connectivity index (χ0n) is 14.0. The molecule has 0 unspecified atom stereocenters. The first kappa shape index (κ1) is 18.7. The van der Waals surface area contributed by atoms with Gasteiger partial charge in [-0.15, -0.1) is 10.2 Å². The van der Waals surface area contributed by atoms with Gasteiger partial charge in [-0.25, -0.2) is 8.78 Å². The Morgan fingerprint density at radius 1 is 0.926 bits per heavy atom. The second-order valence-corrected chi connectivity index (χ2v) is 6.13. The van der Waals surface area contributed by atoms with E-state index in [9.17, 15) is 13.6 Å². The number of rotatable bonds is 6. The van der Waals surface area contributed by atoms with Crippen molar-refractivity contribution in [1.82, 2.24) is 10.2 Å². The molecular weight excluding hydrogens is 374 g/mol. The number of anilines is 2. The van der Waals surface area contributed by atoms with Crippen LogP contribution in [0, 0.1) is 11.6 Å². The number of benzene rings is 2. The number of hydrogen-bond donors (Lipinski definition) is 2. The molecule has 3 aromatic rings. The van der Waals surface area contributed by atoms with Gasteiger partial charge in [-0.3, -0.25) is 4.79 Å². The maximum absolute atomic E-state index is 13.2. The van der Waals surface area contributed by atoms with E-state index in [1.165, 1.54) is 6.07 Å². The Bertz CT molecular complexity index is 933. The van der Waals surface area contributed by atoms with Crippen molar-refractivity contribution in [3.8, 4) is 0 Å². The van der Waals surface area contributed by atoms with Crippen molar-refractivity contribution in [1.29, 1.82) is 0 Å². The molecule has 0 saturated carbocycles. The van der Waals surface area contributed by atoms with Crippen LogP contribution in [0.15, 0.2) is 54.6 Å². The second-order valence-electron chi connectivity index (χ2n) is 5.69. The summed E-state index contributed by atoms with van der Waals surface area (Å²) in [6.07, 6.45) is 0.785. The van der Waals surface area contributed by atoms with Crippen LogP contribution in [0.4, 0.5) is 20.4 Å². The van der Waals surface area contributed by atoms with Crippen molar-refractivity contribution in [2.45, 2.75) is 6.42 Å². The van der Waals surface area contributed by atoms with E-state index in [0.717, 1.165) is 24.1 Å². The molecular formula is C19H15ClF2N4O. The lowest BCUT2D eigenvalue weighted by Gasteiger charge is -2.07. The average molecular weight is 389 g/mol. The van der Waals surface area contributed by atoms with Gasteiger partial charge < -0.3 is 10.6 Å². The number of aromatic nitrogens is 2. The zero-order valence-corrected chi connectivity index (χ0v) is 14.8. The van der Waals surface area contributed by atoms with Crippen LogP contribution in [0.5, 0.6) is 0 Å². The monoisotopic (exact) mass is 388 g/mol. The van der Waals surface area contributed by atoms with Crippen LogP contribution in [-0.4, -0.2) is 22.6 Å². The van der Waals surface area contributed by atoms with E-state index in [0.29, 0.717) is 17.4 Å². The summed E-state index contributed by atoms with van der Waals surface area (Å²) in [5, 5.41) is 14.2. The Morgan fingerprint density at radius 3 is 2.30 bits per heavy atom. The molecule has 2 aromatic carbocycles. The number of nitrogens with one attached hydrogen (secondary N) is 2. The quantitative estimate of drug-likeness (QED) is 0.660. The van der Waals surface area contributed by atoms with E-state index in [4.69, 9.17) is 11.6 Å². The van der Waals surface area contributed by atoms with Crippen LogP contribution >= 0.6 is 11.6 Å². The van der Waals surface area contributed by atoms with Gasteiger partial charge in [0.2, 0.25) is 0 Å². The highest BCUT2D eigenvalue weighted by molar-refractivity contribution is 6.30. The molecule has 0 radical (unpaired) electrons. The van der Waals surface area contributed by atoms with E-state index >= 15 is 0 Å². The lowest BCUT2D eigenvalue weighted by atomic mass is 10.1. The Morgan fingerprint density at radius 2 is 1.63 bits per heavy atom. The van der Waals surface area contributed by atoms with Crippen LogP contribution < -0.4 is 10.6 Å². The Kier molecular flexibility index (Phi) is 5.93. The molecule has 27 heavy (non-hydrogen) atoms. The van der Waals surface area contributed by atoms with Crippen molar-refractivity contribution < 1.29 is 13.6 Å². The normalized spacial score (nSPS) is 10.5. The number of nitrogens with zero attached hydrogens (tertiary/aromatic N) is 2. The van der Waals surface area contributed by atoms with Crippen molar-refractivity contribution >= 4 is 29.1 Å². The minimum absolute atomic E-state index is 0.0131. The average Bonchev–Trinajstić information content (AvgIpc) is 2.67. The van der Waals surface area contributed by atoms with Crippen LogP contribution in [0.1, 0.15) is 15.9 Å². The van der Waals surface area contributed by atoms with Crippen molar-refractivity contribution in [2.24, 2.45) is 0 Å². The first-order chi connectivity index (χ1) is 13.0. The molecule has 3 rings (SSSR count). The first-order valence-corrected chi connectivity index (χ1v) is 8.47. The number of carbonyl (C=O) groups excluding carboxylic acids is 1. The summed E-state index contributed by atoms with van der Waals surface area (Å²) in [6, 6.07) is 13.7. The van der Waals surface area contributed by atoms with Crippen LogP contribution in [0.25, 0.3) is 0 Å². The highest BCUT2D eigenvalue weighted by Gasteiger charge is 2.10. The van der Waals surface area contributed by atoms with Gasteiger partial charge in [0.05, 0.1) is 0 Å². The zero-order chi connectivity index (χ0) is 19.2. The lowest BCUT2D eigenvalue weighted by molar-refractivity contribution is 0.102. The number of halogens is 3. The second kappa shape index (κ2) is 8.55. The Labute approximate surface area is 159 Å². The van der Waals surface area contributed by atoms with Crippen LogP contribution in [0.2, 0.25) is 5.02 Å². The lowest BCUT2D eigenvalue weighted by Crippen LogP contribution is -2.14. The van der Waals surface area contributed by atoms with E-state index in [2.05, 4.69) is 20.8 Å². The molecule has 0 spiro atoms. The molecule has 1 aromatic heterocycles. The van der Waals surface area contributed by atoms with Gasteiger partial charge in [0.1, 0.15) is 5.82 Å². The predicted molar refractivity (Wildman–Crippen MR) is 100.0 cm³/mol. The summed E-state index contributed by atoms with van der Waals surface area (Å²) in [6.45, 7) is 0.650. The van der Waals surface area contributed by atoms with Gasteiger partial charge >= 0.3 is 0 Å². The number of carbonyl (C=O) groups is 1. The maximum atomic E-state index is 13.2. The summed E-state index contributed by atoms with van der Waals surface area (Å²) < 4.78 is 26.1. The van der Waals surface area contributed by atoms with E-state index < -0.39 is 17.5 Å². The van der Waals surface area contributed by atoms with Gasteiger partial charge in [0.15, 0.2) is 17.5 Å². The molecule has 8 heteroatoms. The fourth-order valence-corrected chi connectivity index (χ4v) is 2.43. The third-order valence-corrected chi connectivity index (χ3v) is 3.97. The molecule has 2 N–H and O–H groups in total. The number of amides is 1. The van der Waals surface area contributed by atoms with Crippen molar-refractivity contribution in [3.63, 3.8) is 0 Å². The maximum Gasteiger partial charge on any atom is 0.256 e. The van der Waals surface area contributed by atoms with Crippen LogP contribution in [-0.2, 0) is 6.42 Å². The molecule has 0 fully saturated rings. The highest BCUT2D eigenvalue weighted by Crippen LogP contribution is 2.13. The van der Waals surface area contributed by atoms with Gasteiger partial charge in [0.25, 0.3) is 5.91 Å². The molecule has 1 amide bonds. The fraction of sp³-hybridized carbons (Fsp3) is 0.105. The summed E-state index contributed by atoms with van der Waals surface area (Å²) >= 11 is 5.85. The van der Waals surface area contributed by atoms with Gasteiger partial charge in [0, 0.05) is 17.1 Å². The number of hydrogen-bond acceptors (Lipinski definition) is 4. The summed E-state index contributed by atoms with van der Waals surface area (Å²) in [5.41, 5.74) is 1.12. The molecule has 0 saturated heterocycles.